The molecule has 1 heterocycles. The van der Waals surface area contributed by atoms with Gasteiger partial charge < -0.3 is 14.8 Å². The third kappa shape index (κ3) is 4.07. The highest BCUT2D eigenvalue weighted by Gasteiger charge is 2.26. The molecular weight excluding hydrogens is 459 g/mol. The van der Waals surface area contributed by atoms with E-state index < -0.39 is 5.97 Å². The smallest absolute Gasteiger partial charge is 0.337 e. The molecule has 0 saturated carbocycles. The van der Waals surface area contributed by atoms with Crippen molar-refractivity contribution in [2.24, 2.45) is 4.99 Å². The number of carboxylic acids is 1. The maximum absolute atomic E-state index is 12.3. The van der Waals surface area contributed by atoms with Crippen LogP contribution < -0.4 is 10.7 Å². The summed E-state index contributed by atoms with van der Waals surface area (Å²) in [7, 11) is 0. The lowest BCUT2D eigenvalue weighted by molar-refractivity contribution is 0.0698. The monoisotopic (exact) mass is 482 g/mol. The summed E-state index contributed by atoms with van der Waals surface area (Å²) in [5.41, 5.74) is 5.27. The highest BCUT2D eigenvalue weighted by Crippen LogP contribution is 2.46. The number of nitrogens with zero attached hydrogens (tertiary/aromatic N) is 1. The van der Waals surface area contributed by atoms with Crippen molar-refractivity contribution < 1.29 is 14.3 Å². The first-order valence-electron chi connectivity index (χ1n) is 10.7. The van der Waals surface area contributed by atoms with E-state index in [0.717, 1.165) is 39.7 Å². The summed E-state index contributed by atoms with van der Waals surface area (Å²) < 4.78 is 6.34. The van der Waals surface area contributed by atoms with Crippen molar-refractivity contribution in [2.75, 3.05) is 18.4 Å². The Labute approximate surface area is 202 Å². The molecule has 2 aliphatic rings. The molecule has 4 rings (SSSR count). The number of rotatable bonds is 5. The van der Waals surface area contributed by atoms with Gasteiger partial charge in [0.15, 0.2) is 0 Å². The molecule has 0 saturated heterocycles. The predicted octanol–water partition coefficient (Wildman–Crippen LogP) is 7.18. The first kappa shape index (κ1) is 23.1. The van der Waals surface area contributed by atoms with E-state index in [4.69, 9.17) is 27.6 Å². The highest BCUT2D eigenvalue weighted by atomic mass is 35.5. The van der Waals surface area contributed by atoms with Gasteiger partial charge in [-0.1, -0.05) is 23.2 Å². The molecule has 5 nitrogen and oxygen atoms in total. The lowest BCUT2D eigenvalue weighted by atomic mass is 9.89. The Morgan fingerprint density at radius 3 is 2.42 bits per heavy atom. The van der Waals surface area contributed by atoms with Gasteiger partial charge in [0.25, 0.3) is 0 Å². The summed E-state index contributed by atoms with van der Waals surface area (Å²) in [6.07, 6.45) is 0. The average molecular weight is 483 g/mol. The van der Waals surface area contributed by atoms with Crippen LogP contribution in [0.2, 0.25) is 10.0 Å². The number of halogens is 2. The Morgan fingerprint density at radius 1 is 1.03 bits per heavy atom. The average Bonchev–Trinajstić information content (AvgIpc) is 2.76. The molecule has 1 aliphatic carbocycles. The second kappa shape index (κ2) is 9.08. The number of aromatic carboxylic acids is 1. The Balaban J connectivity index is 2.26. The number of hydrogen-bond acceptors (Lipinski definition) is 4. The van der Waals surface area contributed by atoms with Crippen LogP contribution in [0.3, 0.4) is 0 Å². The maximum atomic E-state index is 12.3. The molecule has 1 aliphatic heterocycles. The number of nitrogens with one attached hydrogen (secondary N) is 1. The molecule has 0 aromatic heterocycles. The van der Waals surface area contributed by atoms with Crippen molar-refractivity contribution in [1.82, 2.24) is 0 Å². The zero-order valence-electron chi connectivity index (χ0n) is 18.8. The number of carboxylic acid groups (broad SMARTS) is 1. The van der Waals surface area contributed by atoms with E-state index in [2.05, 4.69) is 10.3 Å². The van der Waals surface area contributed by atoms with Gasteiger partial charge in [-0.25, -0.2) is 4.79 Å². The molecule has 33 heavy (non-hydrogen) atoms. The Kier molecular flexibility index (Phi) is 6.37. The van der Waals surface area contributed by atoms with Gasteiger partial charge in [-0.3, -0.25) is 4.99 Å². The SMILES string of the molecule is CC/N=c1/cc2oc3cc(NCC)c(C)cc3c(-c3c(Cl)ccc(Cl)c3C(=O)O)c-2cc1C. The second-order valence-electron chi connectivity index (χ2n) is 7.86. The fraction of sp³-hybridized carbons (Fsp3) is 0.231. The van der Waals surface area contributed by atoms with E-state index in [-0.39, 0.29) is 10.6 Å². The number of anilines is 1. The molecule has 2 aromatic carbocycles. The molecule has 0 unspecified atom stereocenters. The third-order valence-corrected chi connectivity index (χ3v) is 6.28. The van der Waals surface area contributed by atoms with Crippen LogP contribution in [0.4, 0.5) is 5.69 Å². The Bertz CT molecular complexity index is 1440. The summed E-state index contributed by atoms with van der Waals surface area (Å²) in [6, 6.07) is 10.9. The van der Waals surface area contributed by atoms with Gasteiger partial charge in [0, 0.05) is 58.0 Å². The van der Waals surface area contributed by atoms with Crippen molar-refractivity contribution in [3.8, 4) is 22.5 Å². The molecule has 0 bridgehead atoms. The van der Waals surface area contributed by atoms with E-state index in [1.807, 2.05) is 52.0 Å². The van der Waals surface area contributed by atoms with Gasteiger partial charge in [0.1, 0.15) is 11.3 Å². The number of carbonyl (C=O) groups is 1. The summed E-state index contributed by atoms with van der Waals surface area (Å²) in [5, 5.41) is 15.4. The topological polar surface area (TPSA) is 74.8 Å². The first-order chi connectivity index (χ1) is 15.8. The van der Waals surface area contributed by atoms with Crippen LogP contribution in [-0.4, -0.2) is 24.2 Å². The van der Waals surface area contributed by atoms with Crippen LogP contribution in [-0.2, 0) is 0 Å². The lowest BCUT2D eigenvalue weighted by Crippen LogP contribution is -2.10. The zero-order valence-corrected chi connectivity index (χ0v) is 20.4. The molecule has 0 amide bonds. The Morgan fingerprint density at radius 2 is 1.76 bits per heavy atom. The number of benzene rings is 3. The summed E-state index contributed by atoms with van der Waals surface area (Å²) in [4.78, 5) is 16.8. The zero-order chi connectivity index (χ0) is 23.9. The van der Waals surface area contributed by atoms with E-state index >= 15 is 0 Å². The summed E-state index contributed by atoms with van der Waals surface area (Å²) >= 11 is 13.0. The van der Waals surface area contributed by atoms with Gasteiger partial charge in [-0.15, -0.1) is 0 Å². The fourth-order valence-electron chi connectivity index (χ4n) is 4.18. The van der Waals surface area contributed by atoms with E-state index in [9.17, 15) is 9.90 Å². The summed E-state index contributed by atoms with van der Waals surface area (Å²) in [6.45, 7) is 9.37. The molecule has 0 spiro atoms. The van der Waals surface area contributed by atoms with E-state index in [1.54, 1.807) is 6.07 Å². The molecular formula is C26H24Cl2N2O3. The van der Waals surface area contributed by atoms with E-state index in [0.29, 0.717) is 34.0 Å². The van der Waals surface area contributed by atoms with Crippen molar-refractivity contribution in [2.45, 2.75) is 27.7 Å². The molecule has 2 aromatic rings. The molecule has 2 N–H and O–H groups in total. The van der Waals surface area contributed by atoms with E-state index in [1.165, 1.54) is 6.07 Å². The largest absolute Gasteiger partial charge is 0.478 e. The maximum Gasteiger partial charge on any atom is 0.337 e. The molecule has 0 fully saturated rings. The second-order valence-corrected chi connectivity index (χ2v) is 8.68. The van der Waals surface area contributed by atoms with Crippen LogP contribution in [0, 0.1) is 13.8 Å². The normalized spacial score (nSPS) is 12.0. The lowest BCUT2D eigenvalue weighted by Gasteiger charge is -2.20. The van der Waals surface area contributed by atoms with Crippen molar-refractivity contribution >= 4 is 45.8 Å². The highest BCUT2D eigenvalue weighted by molar-refractivity contribution is 6.39. The van der Waals surface area contributed by atoms with Crippen LogP contribution >= 0.6 is 23.2 Å². The van der Waals surface area contributed by atoms with Crippen molar-refractivity contribution in [3.05, 3.63) is 68.5 Å². The number of fused-ring (bicyclic) bond motifs is 2. The van der Waals surface area contributed by atoms with Crippen LogP contribution in [0.25, 0.3) is 33.4 Å². The van der Waals surface area contributed by atoms with Crippen LogP contribution in [0.5, 0.6) is 0 Å². The number of hydrogen-bond donors (Lipinski definition) is 2. The minimum atomic E-state index is -1.14. The third-order valence-electron chi connectivity index (χ3n) is 5.65. The minimum Gasteiger partial charge on any atom is -0.478 e. The molecule has 7 heteroatoms. The number of aryl methyl sites for hydroxylation is 2. The van der Waals surface area contributed by atoms with Gasteiger partial charge in [-0.05, 0) is 63.1 Å². The fourth-order valence-corrected chi connectivity index (χ4v) is 4.68. The standard InChI is InChI=1S/C26H24Cl2N2O3/c1-5-29-19-11-21-15(9-13(19)3)23(24-17(27)7-8-18(28)25(24)26(31)32)16-10-14(4)20(30-6-2)12-22(16)33-21/h7-12,29H,5-6H2,1-4H3,(H,31,32)/b30-20-. The van der Waals surface area contributed by atoms with Gasteiger partial charge in [0.2, 0.25) is 0 Å². The van der Waals surface area contributed by atoms with Crippen LogP contribution in [0.1, 0.15) is 35.3 Å². The van der Waals surface area contributed by atoms with Gasteiger partial charge >= 0.3 is 5.97 Å². The molecule has 0 radical (unpaired) electrons. The van der Waals surface area contributed by atoms with Crippen molar-refractivity contribution in [3.63, 3.8) is 0 Å². The predicted molar refractivity (Wildman–Crippen MR) is 135 cm³/mol. The van der Waals surface area contributed by atoms with Crippen molar-refractivity contribution in [1.29, 1.82) is 0 Å². The van der Waals surface area contributed by atoms with Gasteiger partial charge in [-0.2, -0.15) is 0 Å². The Hall–Kier alpha value is -3.02. The summed E-state index contributed by atoms with van der Waals surface area (Å²) in [5.74, 6) is -0.552. The molecule has 0 atom stereocenters. The van der Waals surface area contributed by atoms with Crippen LogP contribution in [0.15, 0.2) is 45.8 Å². The van der Waals surface area contributed by atoms with Gasteiger partial charge in [0.05, 0.1) is 15.9 Å². The molecule has 170 valence electrons. The minimum absolute atomic E-state index is 0.0358. The first-order valence-corrected chi connectivity index (χ1v) is 11.5. The quantitative estimate of drug-likeness (QED) is 0.295.